The van der Waals surface area contributed by atoms with Crippen LogP contribution in [-0.4, -0.2) is 27.8 Å². The summed E-state index contributed by atoms with van der Waals surface area (Å²) in [6.45, 7) is 0. The molecule has 10 heteroatoms. The minimum atomic E-state index is -1.18. The monoisotopic (exact) mass is 465 g/mol. The minimum absolute atomic E-state index is 0.0443. The van der Waals surface area contributed by atoms with Gasteiger partial charge in [-0.25, -0.2) is 4.79 Å². The van der Waals surface area contributed by atoms with E-state index in [1.54, 1.807) is 12.1 Å². The second kappa shape index (κ2) is 10.2. The Labute approximate surface area is 192 Å². The lowest BCUT2D eigenvalue weighted by Gasteiger charge is -2.12. The molecule has 2 amide bonds. The number of nitro benzene ring substituents is 1. The maximum Gasteiger partial charge on any atom is 0.335 e. The van der Waals surface area contributed by atoms with E-state index in [2.05, 4.69) is 10.6 Å². The number of halogens is 1. The molecule has 0 saturated carbocycles. The van der Waals surface area contributed by atoms with Crippen molar-refractivity contribution in [2.24, 2.45) is 0 Å². The highest BCUT2D eigenvalue weighted by Gasteiger charge is 2.18. The van der Waals surface area contributed by atoms with E-state index >= 15 is 0 Å². The van der Waals surface area contributed by atoms with Gasteiger partial charge in [0.05, 0.1) is 21.1 Å². The maximum absolute atomic E-state index is 13.0. The standard InChI is InChI=1S/C23H16ClN3O6/c24-19-10-2-1-9-18(19)21(28)26-20(12-14-5-3-8-17(11-14)27(32)33)22(29)25-16-7-4-6-15(13-16)23(30)31/h1-13H,(H,25,29)(H,26,28)(H,30,31)/b20-12+. The average molecular weight is 466 g/mol. The summed E-state index contributed by atoms with van der Waals surface area (Å²) in [5.41, 5.74) is 0.100. The molecule has 3 rings (SSSR count). The third-order valence-corrected chi connectivity index (χ3v) is 4.70. The molecule has 0 aliphatic carbocycles. The van der Waals surface area contributed by atoms with Gasteiger partial charge < -0.3 is 15.7 Å². The predicted octanol–water partition coefficient (Wildman–Crippen LogP) is 4.36. The van der Waals surface area contributed by atoms with E-state index < -0.39 is 22.7 Å². The summed E-state index contributed by atoms with van der Waals surface area (Å²) in [6, 6.07) is 17.2. The van der Waals surface area contributed by atoms with Gasteiger partial charge in [0.1, 0.15) is 5.70 Å². The molecule has 0 aromatic heterocycles. The fourth-order valence-electron chi connectivity index (χ4n) is 2.82. The summed E-state index contributed by atoms with van der Waals surface area (Å²) in [5.74, 6) is -2.62. The maximum atomic E-state index is 13.0. The van der Waals surface area contributed by atoms with Gasteiger partial charge >= 0.3 is 5.97 Å². The number of nitrogens with zero attached hydrogens (tertiary/aromatic N) is 1. The molecule has 0 atom stereocenters. The Kier molecular flexibility index (Phi) is 7.17. The average Bonchev–Trinajstić information content (AvgIpc) is 2.79. The van der Waals surface area contributed by atoms with Gasteiger partial charge in [-0.05, 0) is 42.0 Å². The van der Waals surface area contributed by atoms with Gasteiger partial charge in [-0.1, -0.05) is 41.9 Å². The highest BCUT2D eigenvalue weighted by molar-refractivity contribution is 6.34. The van der Waals surface area contributed by atoms with Crippen molar-refractivity contribution in [2.75, 3.05) is 5.32 Å². The Morgan fingerprint density at radius 1 is 0.970 bits per heavy atom. The van der Waals surface area contributed by atoms with Crippen molar-refractivity contribution in [3.63, 3.8) is 0 Å². The smallest absolute Gasteiger partial charge is 0.335 e. The van der Waals surface area contributed by atoms with Crippen LogP contribution >= 0.6 is 11.6 Å². The Morgan fingerprint density at radius 2 is 1.70 bits per heavy atom. The van der Waals surface area contributed by atoms with Gasteiger partial charge in [-0.15, -0.1) is 0 Å². The van der Waals surface area contributed by atoms with Crippen LogP contribution in [0.25, 0.3) is 6.08 Å². The molecular formula is C23H16ClN3O6. The van der Waals surface area contributed by atoms with Crippen LogP contribution in [0, 0.1) is 10.1 Å². The first-order valence-electron chi connectivity index (χ1n) is 9.41. The minimum Gasteiger partial charge on any atom is -0.478 e. The Balaban J connectivity index is 1.96. The number of carbonyl (C=O) groups is 3. The molecule has 33 heavy (non-hydrogen) atoms. The number of hydrogen-bond acceptors (Lipinski definition) is 5. The zero-order valence-corrected chi connectivity index (χ0v) is 17.6. The van der Waals surface area contributed by atoms with Crippen LogP contribution in [0.5, 0.6) is 0 Å². The van der Waals surface area contributed by atoms with Crippen LogP contribution in [-0.2, 0) is 4.79 Å². The number of nitro groups is 1. The van der Waals surface area contributed by atoms with Crippen molar-refractivity contribution in [1.82, 2.24) is 5.32 Å². The molecule has 0 bridgehead atoms. The van der Waals surface area contributed by atoms with E-state index in [0.717, 1.165) is 0 Å². The number of benzene rings is 3. The molecule has 3 aromatic carbocycles. The zero-order valence-electron chi connectivity index (χ0n) is 16.8. The van der Waals surface area contributed by atoms with E-state index in [9.17, 15) is 24.5 Å². The quantitative estimate of drug-likeness (QED) is 0.269. The van der Waals surface area contributed by atoms with Crippen molar-refractivity contribution < 1.29 is 24.4 Å². The summed E-state index contributed by atoms with van der Waals surface area (Å²) in [6.07, 6.45) is 1.26. The molecule has 9 nitrogen and oxygen atoms in total. The van der Waals surface area contributed by atoms with E-state index in [1.165, 1.54) is 66.7 Å². The van der Waals surface area contributed by atoms with Crippen LogP contribution in [0.1, 0.15) is 26.3 Å². The van der Waals surface area contributed by atoms with Crippen molar-refractivity contribution in [3.8, 4) is 0 Å². The molecule has 0 saturated heterocycles. The molecule has 0 spiro atoms. The normalized spacial score (nSPS) is 10.9. The van der Waals surface area contributed by atoms with E-state index in [1.807, 2.05) is 0 Å². The SMILES string of the molecule is O=C(Nc1cccc(C(=O)O)c1)/C(=C\c1cccc([N+](=O)[O-])c1)NC(=O)c1ccccc1Cl. The molecule has 0 radical (unpaired) electrons. The number of nitrogens with one attached hydrogen (secondary N) is 2. The number of hydrogen-bond donors (Lipinski definition) is 3. The van der Waals surface area contributed by atoms with Gasteiger partial charge in [0.15, 0.2) is 0 Å². The van der Waals surface area contributed by atoms with Crippen LogP contribution in [0.2, 0.25) is 5.02 Å². The zero-order chi connectivity index (χ0) is 24.0. The van der Waals surface area contributed by atoms with E-state index in [4.69, 9.17) is 16.7 Å². The molecule has 166 valence electrons. The number of non-ortho nitro benzene ring substituents is 1. The first-order valence-corrected chi connectivity index (χ1v) is 9.79. The molecule has 0 fully saturated rings. The Bertz CT molecular complexity index is 1290. The van der Waals surface area contributed by atoms with Crippen molar-refractivity contribution in [3.05, 3.63) is 110 Å². The third-order valence-electron chi connectivity index (χ3n) is 4.37. The lowest BCUT2D eigenvalue weighted by molar-refractivity contribution is -0.384. The number of aromatic carboxylic acids is 1. The van der Waals surface area contributed by atoms with Crippen molar-refractivity contribution in [1.29, 1.82) is 0 Å². The number of carbonyl (C=O) groups excluding carboxylic acids is 2. The van der Waals surface area contributed by atoms with E-state index in [-0.39, 0.29) is 38.8 Å². The van der Waals surface area contributed by atoms with Crippen LogP contribution in [0.4, 0.5) is 11.4 Å². The predicted molar refractivity (Wildman–Crippen MR) is 122 cm³/mol. The number of rotatable bonds is 7. The van der Waals surface area contributed by atoms with Crippen molar-refractivity contribution in [2.45, 2.75) is 0 Å². The van der Waals surface area contributed by atoms with Gasteiger partial charge in [0, 0.05) is 17.8 Å². The second-order valence-electron chi connectivity index (χ2n) is 6.68. The fourth-order valence-corrected chi connectivity index (χ4v) is 3.04. The molecule has 0 aliphatic rings. The van der Waals surface area contributed by atoms with Gasteiger partial charge in [-0.2, -0.15) is 0 Å². The lowest BCUT2D eigenvalue weighted by atomic mass is 10.1. The lowest BCUT2D eigenvalue weighted by Crippen LogP contribution is -2.31. The molecule has 3 N–H and O–H groups in total. The van der Waals surface area contributed by atoms with Crippen LogP contribution in [0.15, 0.2) is 78.5 Å². The summed E-state index contributed by atoms with van der Waals surface area (Å²) in [5, 5.41) is 25.4. The van der Waals surface area contributed by atoms with Crippen LogP contribution < -0.4 is 10.6 Å². The van der Waals surface area contributed by atoms with Crippen LogP contribution in [0.3, 0.4) is 0 Å². The molecule has 0 heterocycles. The summed E-state index contributed by atoms with van der Waals surface area (Å²) < 4.78 is 0. The molecule has 0 aliphatic heterocycles. The highest BCUT2D eigenvalue weighted by Crippen LogP contribution is 2.19. The van der Waals surface area contributed by atoms with Gasteiger partial charge in [0.25, 0.3) is 17.5 Å². The fraction of sp³-hybridized carbons (Fsp3) is 0. The Hall–Kier alpha value is -4.50. The molecular weight excluding hydrogens is 450 g/mol. The summed E-state index contributed by atoms with van der Waals surface area (Å²) in [4.78, 5) is 47.4. The molecule has 0 unspecified atom stereocenters. The first kappa shape index (κ1) is 23.2. The summed E-state index contributed by atoms with van der Waals surface area (Å²) >= 11 is 6.06. The van der Waals surface area contributed by atoms with E-state index in [0.29, 0.717) is 0 Å². The number of carboxylic acids is 1. The topological polar surface area (TPSA) is 139 Å². The van der Waals surface area contributed by atoms with Gasteiger partial charge in [0.2, 0.25) is 0 Å². The summed E-state index contributed by atoms with van der Waals surface area (Å²) in [7, 11) is 0. The third kappa shape index (κ3) is 6.02. The number of anilines is 1. The highest BCUT2D eigenvalue weighted by atomic mass is 35.5. The van der Waals surface area contributed by atoms with Crippen molar-refractivity contribution >= 4 is 46.8 Å². The Morgan fingerprint density at radius 3 is 2.39 bits per heavy atom. The van der Waals surface area contributed by atoms with Gasteiger partial charge in [-0.3, -0.25) is 19.7 Å². The largest absolute Gasteiger partial charge is 0.478 e. The second-order valence-corrected chi connectivity index (χ2v) is 7.09. The number of amides is 2. The molecule has 3 aromatic rings. The number of carboxylic acid groups (broad SMARTS) is 1. The first-order chi connectivity index (χ1) is 15.7.